The summed E-state index contributed by atoms with van der Waals surface area (Å²) in [7, 11) is 0. The maximum absolute atomic E-state index is 12.6. The number of phenols is 1. The number of benzene rings is 1. The van der Waals surface area contributed by atoms with E-state index < -0.39 is 11.6 Å². The molecule has 1 aromatic carbocycles. The molecule has 0 fully saturated rings. The highest BCUT2D eigenvalue weighted by Gasteiger charge is 2.06. The summed E-state index contributed by atoms with van der Waals surface area (Å²) in [6.07, 6.45) is 0.417. The van der Waals surface area contributed by atoms with Crippen molar-refractivity contribution < 1.29 is 14.3 Å². The van der Waals surface area contributed by atoms with Crippen molar-refractivity contribution in [2.75, 3.05) is 0 Å². The highest BCUT2D eigenvalue weighted by Crippen LogP contribution is 2.22. The number of halogens is 2. The van der Waals surface area contributed by atoms with Crippen molar-refractivity contribution in [3.8, 4) is 5.75 Å². The summed E-state index contributed by atoms with van der Waals surface area (Å²) in [5, 5.41) is 8.91. The zero-order valence-corrected chi connectivity index (χ0v) is 7.50. The molecule has 0 amide bonds. The minimum absolute atomic E-state index is 0.0191. The van der Waals surface area contributed by atoms with Crippen molar-refractivity contribution in [2.24, 2.45) is 0 Å². The maximum Gasteiger partial charge on any atom is 0.166 e. The first-order chi connectivity index (χ1) is 5.15. The number of phenolic OH excluding ortho intramolecular Hbond substituents is 1. The lowest BCUT2D eigenvalue weighted by atomic mass is 10.2. The Bertz CT molecular complexity index is 299. The first-order valence-electron chi connectivity index (χ1n) is 2.78. The number of carbonyl (C=O) groups is 1. The predicted octanol–water partition coefficient (Wildman–Crippen LogP) is 1.95. The minimum atomic E-state index is -0.765. The van der Waals surface area contributed by atoms with E-state index in [0.29, 0.717) is 9.86 Å². The Morgan fingerprint density at radius 1 is 1.55 bits per heavy atom. The average molecular weight is 266 g/mol. The van der Waals surface area contributed by atoms with Gasteiger partial charge in [0.1, 0.15) is 0 Å². The van der Waals surface area contributed by atoms with E-state index >= 15 is 0 Å². The van der Waals surface area contributed by atoms with Gasteiger partial charge in [0, 0.05) is 3.57 Å². The number of aldehydes is 1. The molecule has 0 radical (unpaired) electrons. The monoisotopic (exact) mass is 266 g/mol. The van der Waals surface area contributed by atoms with Crippen molar-refractivity contribution in [1.82, 2.24) is 0 Å². The Hall–Kier alpha value is -0.650. The fourth-order valence-corrected chi connectivity index (χ4v) is 1.28. The first kappa shape index (κ1) is 8.45. The van der Waals surface area contributed by atoms with Crippen LogP contribution in [0, 0.1) is 9.39 Å². The standard InChI is InChI=1S/C7H4FIO2/c8-6-2-5(9)1-4(3-10)7(6)11/h1-3,11H. The van der Waals surface area contributed by atoms with Crippen molar-refractivity contribution in [2.45, 2.75) is 0 Å². The highest BCUT2D eigenvalue weighted by atomic mass is 127. The van der Waals surface area contributed by atoms with E-state index in [9.17, 15) is 9.18 Å². The van der Waals surface area contributed by atoms with Gasteiger partial charge in [0.25, 0.3) is 0 Å². The van der Waals surface area contributed by atoms with E-state index in [1.54, 1.807) is 0 Å². The summed E-state index contributed by atoms with van der Waals surface area (Å²) in [5.74, 6) is -1.35. The maximum atomic E-state index is 12.6. The molecule has 1 rings (SSSR count). The van der Waals surface area contributed by atoms with Gasteiger partial charge in [0.2, 0.25) is 0 Å². The third-order valence-electron chi connectivity index (χ3n) is 1.18. The van der Waals surface area contributed by atoms with Crippen LogP contribution in [0.5, 0.6) is 5.75 Å². The molecule has 4 heteroatoms. The fourth-order valence-electron chi connectivity index (χ4n) is 0.676. The molecule has 11 heavy (non-hydrogen) atoms. The van der Waals surface area contributed by atoms with E-state index in [1.807, 2.05) is 22.6 Å². The second-order valence-corrected chi connectivity index (χ2v) is 3.19. The molecule has 0 spiro atoms. The number of aromatic hydroxyl groups is 1. The normalized spacial score (nSPS) is 9.64. The van der Waals surface area contributed by atoms with Crippen LogP contribution >= 0.6 is 22.6 Å². The molecular weight excluding hydrogens is 262 g/mol. The van der Waals surface area contributed by atoms with Crippen LogP contribution < -0.4 is 0 Å². The molecule has 0 heterocycles. The largest absolute Gasteiger partial charge is 0.504 e. The summed E-state index contributed by atoms with van der Waals surface area (Å²) in [6.45, 7) is 0. The zero-order chi connectivity index (χ0) is 8.43. The minimum Gasteiger partial charge on any atom is -0.504 e. The second-order valence-electron chi connectivity index (χ2n) is 1.94. The van der Waals surface area contributed by atoms with E-state index in [1.165, 1.54) is 6.07 Å². The van der Waals surface area contributed by atoms with E-state index in [0.717, 1.165) is 6.07 Å². The molecular formula is C7H4FIO2. The Labute approximate surface area is 76.2 Å². The average Bonchev–Trinajstić information content (AvgIpc) is 1.96. The zero-order valence-electron chi connectivity index (χ0n) is 5.34. The van der Waals surface area contributed by atoms with Gasteiger partial charge in [0.05, 0.1) is 5.56 Å². The molecule has 0 atom stereocenters. The van der Waals surface area contributed by atoms with Crippen molar-refractivity contribution in [3.05, 3.63) is 27.1 Å². The lowest BCUT2D eigenvalue weighted by Crippen LogP contribution is -1.87. The van der Waals surface area contributed by atoms with Gasteiger partial charge in [0.15, 0.2) is 17.9 Å². The van der Waals surface area contributed by atoms with Crippen LogP contribution in [0.25, 0.3) is 0 Å². The van der Waals surface area contributed by atoms with Crippen molar-refractivity contribution in [1.29, 1.82) is 0 Å². The number of carbonyl (C=O) groups excluding carboxylic acids is 1. The van der Waals surface area contributed by atoms with Crippen LogP contribution in [0.1, 0.15) is 10.4 Å². The molecule has 0 saturated carbocycles. The van der Waals surface area contributed by atoms with Crippen molar-refractivity contribution in [3.63, 3.8) is 0 Å². The first-order valence-corrected chi connectivity index (χ1v) is 3.86. The number of rotatable bonds is 1. The lowest BCUT2D eigenvalue weighted by molar-refractivity contribution is 0.112. The molecule has 0 saturated heterocycles. The van der Waals surface area contributed by atoms with Crippen LogP contribution in [0.2, 0.25) is 0 Å². The van der Waals surface area contributed by atoms with Gasteiger partial charge in [-0.25, -0.2) is 4.39 Å². The topological polar surface area (TPSA) is 37.3 Å². The molecule has 0 aliphatic rings. The molecule has 0 unspecified atom stereocenters. The molecule has 0 bridgehead atoms. The molecule has 1 N–H and O–H groups in total. The summed E-state index contributed by atoms with van der Waals surface area (Å²) in [5.41, 5.74) is -0.0191. The van der Waals surface area contributed by atoms with E-state index in [2.05, 4.69) is 0 Å². The Morgan fingerprint density at radius 2 is 2.18 bits per heavy atom. The third kappa shape index (κ3) is 1.68. The fraction of sp³-hybridized carbons (Fsp3) is 0. The second kappa shape index (κ2) is 3.17. The quantitative estimate of drug-likeness (QED) is 0.623. The van der Waals surface area contributed by atoms with Crippen LogP contribution in [-0.4, -0.2) is 11.4 Å². The molecule has 58 valence electrons. The van der Waals surface area contributed by atoms with Gasteiger partial charge in [-0.15, -0.1) is 0 Å². The van der Waals surface area contributed by atoms with Crippen LogP contribution in [0.15, 0.2) is 12.1 Å². The lowest BCUT2D eigenvalue weighted by Gasteiger charge is -1.98. The predicted molar refractivity (Wildman–Crippen MR) is 46.2 cm³/mol. The molecule has 2 nitrogen and oxygen atoms in total. The van der Waals surface area contributed by atoms with Crippen LogP contribution in [0.4, 0.5) is 4.39 Å². The van der Waals surface area contributed by atoms with Crippen LogP contribution in [0.3, 0.4) is 0 Å². The van der Waals surface area contributed by atoms with E-state index in [4.69, 9.17) is 5.11 Å². The number of hydrogen-bond acceptors (Lipinski definition) is 2. The van der Waals surface area contributed by atoms with Gasteiger partial charge < -0.3 is 5.11 Å². The Balaban J connectivity index is 3.35. The Morgan fingerprint density at radius 3 is 2.73 bits per heavy atom. The molecule has 1 aromatic rings. The summed E-state index contributed by atoms with van der Waals surface area (Å²) in [6, 6.07) is 2.56. The highest BCUT2D eigenvalue weighted by molar-refractivity contribution is 14.1. The van der Waals surface area contributed by atoms with Gasteiger partial charge in [-0.2, -0.15) is 0 Å². The van der Waals surface area contributed by atoms with Gasteiger partial charge in [-0.05, 0) is 34.7 Å². The van der Waals surface area contributed by atoms with Gasteiger partial charge in [-0.1, -0.05) is 0 Å². The van der Waals surface area contributed by atoms with Crippen LogP contribution in [-0.2, 0) is 0 Å². The number of hydrogen-bond donors (Lipinski definition) is 1. The van der Waals surface area contributed by atoms with Crippen molar-refractivity contribution >= 4 is 28.9 Å². The van der Waals surface area contributed by atoms with Gasteiger partial charge in [-0.3, -0.25) is 4.79 Å². The van der Waals surface area contributed by atoms with Gasteiger partial charge >= 0.3 is 0 Å². The van der Waals surface area contributed by atoms with E-state index in [-0.39, 0.29) is 5.56 Å². The third-order valence-corrected chi connectivity index (χ3v) is 1.81. The molecule has 0 aliphatic heterocycles. The smallest absolute Gasteiger partial charge is 0.166 e. The summed E-state index contributed by atoms with van der Waals surface area (Å²) in [4.78, 5) is 10.2. The summed E-state index contributed by atoms with van der Waals surface area (Å²) >= 11 is 1.86. The molecule has 0 aliphatic carbocycles. The molecule has 0 aromatic heterocycles. The summed E-state index contributed by atoms with van der Waals surface area (Å²) < 4.78 is 13.2. The Kier molecular flexibility index (Phi) is 2.43. The SMILES string of the molecule is O=Cc1cc(I)cc(F)c1O.